The lowest BCUT2D eigenvalue weighted by atomic mass is 10.1. The molecule has 0 spiro atoms. The molecule has 1 rings (SSSR count). The van der Waals surface area contributed by atoms with Crippen molar-refractivity contribution in [1.29, 1.82) is 0 Å². The normalized spacial score (nSPS) is 13.2. The summed E-state index contributed by atoms with van der Waals surface area (Å²) in [6, 6.07) is 0.191. The van der Waals surface area contributed by atoms with Crippen molar-refractivity contribution in [3.8, 4) is 0 Å². The summed E-state index contributed by atoms with van der Waals surface area (Å²) >= 11 is 1.42. The van der Waals surface area contributed by atoms with Gasteiger partial charge in [0, 0.05) is 19.0 Å². The van der Waals surface area contributed by atoms with Crippen LogP contribution in [0, 0.1) is 5.92 Å². The van der Waals surface area contributed by atoms with Crippen LogP contribution in [-0.2, 0) is 11.2 Å². The highest BCUT2D eigenvalue weighted by atomic mass is 32.1. The monoisotopic (exact) mass is 314 g/mol. The SMILES string of the molecule is CC(C)Cc1nnc(NC(=O)CN(CC(C)O)C(C)C)s1. The molecule has 1 heterocycles. The highest BCUT2D eigenvalue weighted by Crippen LogP contribution is 2.18. The molecule has 2 N–H and O–H groups in total. The average Bonchev–Trinajstić information content (AvgIpc) is 2.73. The molecule has 1 amide bonds. The number of hydrogen-bond donors (Lipinski definition) is 2. The molecule has 120 valence electrons. The van der Waals surface area contributed by atoms with Gasteiger partial charge in [0.2, 0.25) is 11.0 Å². The van der Waals surface area contributed by atoms with Crippen LogP contribution in [-0.4, -0.2) is 51.3 Å². The van der Waals surface area contributed by atoms with Crippen LogP contribution < -0.4 is 5.32 Å². The van der Waals surface area contributed by atoms with Gasteiger partial charge in [-0.15, -0.1) is 10.2 Å². The van der Waals surface area contributed by atoms with Crippen molar-refractivity contribution in [2.75, 3.05) is 18.4 Å². The second-order valence-electron chi connectivity index (χ2n) is 6.02. The van der Waals surface area contributed by atoms with Crippen LogP contribution in [0.3, 0.4) is 0 Å². The van der Waals surface area contributed by atoms with Crippen molar-refractivity contribution in [2.45, 2.75) is 53.2 Å². The van der Waals surface area contributed by atoms with E-state index in [9.17, 15) is 9.90 Å². The minimum atomic E-state index is -0.459. The Morgan fingerprint density at radius 1 is 1.29 bits per heavy atom. The summed E-state index contributed by atoms with van der Waals surface area (Å²) in [6.07, 6.45) is 0.410. The van der Waals surface area contributed by atoms with E-state index in [1.54, 1.807) is 6.92 Å². The fourth-order valence-corrected chi connectivity index (χ4v) is 2.84. The number of aliphatic hydroxyl groups is 1. The lowest BCUT2D eigenvalue weighted by molar-refractivity contribution is -0.118. The molecule has 1 atom stereocenters. The maximum atomic E-state index is 12.0. The second kappa shape index (κ2) is 8.41. The molecule has 0 bridgehead atoms. The number of rotatable bonds is 8. The number of amides is 1. The number of aliphatic hydroxyl groups excluding tert-OH is 1. The molecular weight excluding hydrogens is 288 g/mol. The first-order chi connectivity index (χ1) is 9.77. The molecule has 21 heavy (non-hydrogen) atoms. The Morgan fingerprint density at radius 2 is 1.95 bits per heavy atom. The molecule has 0 aliphatic rings. The molecule has 1 aromatic rings. The van der Waals surface area contributed by atoms with Gasteiger partial charge in [-0.25, -0.2) is 0 Å². The number of nitrogens with one attached hydrogen (secondary N) is 1. The summed E-state index contributed by atoms with van der Waals surface area (Å²) in [5.41, 5.74) is 0. The van der Waals surface area contributed by atoms with Crippen LogP contribution in [0.1, 0.15) is 39.6 Å². The molecule has 0 aliphatic heterocycles. The fraction of sp³-hybridized carbons (Fsp3) is 0.786. The number of carbonyl (C=O) groups excluding carboxylic acids is 1. The van der Waals surface area contributed by atoms with Crippen molar-refractivity contribution in [2.24, 2.45) is 5.92 Å². The zero-order valence-electron chi connectivity index (χ0n) is 13.5. The summed E-state index contributed by atoms with van der Waals surface area (Å²) in [6.45, 7) is 10.7. The van der Waals surface area contributed by atoms with Gasteiger partial charge in [-0.3, -0.25) is 15.0 Å². The Kier molecular flexibility index (Phi) is 7.21. The zero-order valence-corrected chi connectivity index (χ0v) is 14.3. The van der Waals surface area contributed by atoms with Gasteiger partial charge in [-0.2, -0.15) is 0 Å². The van der Waals surface area contributed by atoms with Crippen LogP contribution in [0.25, 0.3) is 0 Å². The van der Waals surface area contributed by atoms with E-state index in [0.717, 1.165) is 11.4 Å². The fourth-order valence-electron chi connectivity index (χ4n) is 1.88. The topological polar surface area (TPSA) is 78.4 Å². The van der Waals surface area contributed by atoms with E-state index in [0.29, 0.717) is 17.6 Å². The van der Waals surface area contributed by atoms with Crippen molar-refractivity contribution in [1.82, 2.24) is 15.1 Å². The first kappa shape index (κ1) is 18.0. The molecule has 0 saturated heterocycles. The number of nitrogens with zero attached hydrogens (tertiary/aromatic N) is 3. The number of aromatic nitrogens is 2. The van der Waals surface area contributed by atoms with Gasteiger partial charge in [0.1, 0.15) is 5.01 Å². The van der Waals surface area contributed by atoms with E-state index in [-0.39, 0.29) is 18.5 Å². The maximum Gasteiger partial charge on any atom is 0.240 e. The largest absolute Gasteiger partial charge is 0.392 e. The Hall–Kier alpha value is -1.05. The Morgan fingerprint density at radius 3 is 2.48 bits per heavy atom. The molecule has 6 nitrogen and oxygen atoms in total. The lowest BCUT2D eigenvalue weighted by Gasteiger charge is -2.26. The Labute approximate surface area is 130 Å². The lowest BCUT2D eigenvalue weighted by Crippen LogP contribution is -2.41. The van der Waals surface area contributed by atoms with Crippen LogP contribution in [0.5, 0.6) is 0 Å². The molecule has 0 radical (unpaired) electrons. The Bertz CT molecular complexity index is 446. The van der Waals surface area contributed by atoms with Crippen molar-refractivity contribution >= 4 is 22.4 Å². The van der Waals surface area contributed by atoms with Gasteiger partial charge < -0.3 is 5.11 Å². The van der Waals surface area contributed by atoms with E-state index >= 15 is 0 Å². The minimum absolute atomic E-state index is 0.128. The van der Waals surface area contributed by atoms with E-state index in [4.69, 9.17) is 0 Å². The molecule has 7 heteroatoms. The average molecular weight is 314 g/mol. The molecule has 0 saturated carbocycles. The van der Waals surface area contributed by atoms with Crippen LogP contribution in [0.2, 0.25) is 0 Å². The molecule has 0 aromatic carbocycles. The summed E-state index contributed by atoms with van der Waals surface area (Å²) in [5, 5.41) is 21.8. The van der Waals surface area contributed by atoms with Crippen LogP contribution in [0.15, 0.2) is 0 Å². The summed E-state index contributed by atoms with van der Waals surface area (Å²) in [7, 11) is 0. The van der Waals surface area contributed by atoms with E-state index < -0.39 is 6.10 Å². The van der Waals surface area contributed by atoms with E-state index in [1.165, 1.54) is 11.3 Å². The molecular formula is C14H26N4O2S. The van der Waals surface area contributed by atoms with Crippen molar-refractivity contribution < 1.29 is 9.90 Å². The van der Waals surface area contributed by atoms with Gasteiger partial charge in [-0.05, 0) is 26.7 Å². The highest BCUT2D eigenvalue weighted by molar-refractivity contribution is 7.15. The predicted octanol–water partition coefficient (Wildman–Crippen LogP) is 1.77. The van der Waals surface area contributed by atoms with E-state index in [2.05, 4.69) is 29.4 Å². The van der Waals surface area contributed by atoms with Gasteiger partial charge in [0.25, 0.3) is 0 Å². The summed E-state index contributed by atoms with van der Waals surface area (Å²) < 4.78 is 0. The number of carbonyl (C=O) groups is 1. The van der Waals surface area contributed by atoms with Crippen molar-refractivity contribution in [3.63, 3.8) is 0 Å². The third kappa shape index (κ3) is 6.97. The third-order valence-corrected chi connectivity index (χ3v) is 3.73. The number of anilines is 1. The maximum absolute atomic E-state index is 12.0. The minimum Gasteiger partial charge on any atom is -0.392 e. The van der Waals surface area contributed by atoms with Gasteiger partial charge >= 0.3 is 0 Å². The third-order valence-electron chi connectivity index (χ3n) is 2.87. The summed E-state index contributed by atoms with van der Waals surface area (Å²) in [5.74, 6) is 0.389. The molecule has 0 aliphatic carbocycles. The molecule has 1 unspecified atom stereocenters. The summed E-state index contributed by atoms with van der Waals surface area (Å²) in [4.78, 5) is 14.0. The highest BCUT2D eigenvalue weighted by Gasteiger charge is 2.17. The predicted molar refractivity (Wildman–Crippen MR) is 85.5 cm³/mol. The van der Waals surface area contributed by atoms with Gasteiger partial charge in [0.15, 0.2) is 0 Å². The molecule has 0 fully saturated rings. The first-order valence-electron chi connectivity index (χ1n) is 7.32. The standard InChI is InChI=1S/C14H26N4O2S/c1-9(2)6-13-16-17-14(21-13)15-12(20)8-18(10(3)4)7-11(5)19/h9-11,19H,6-8H2,1-5H3,(H,15,17,20). The number of hydrogen-bond acceptors (Lipinski definition) is 6. The smallest absolute Gasteiger partial charge is 0.240 e. The van der Waals surface area contributed by atoms with Crippen LogP contribution >= 0.6 is 11.3 Å². The Balaban J connectivity index is 2.53. The second-order valence-corrected chi connectivity index (χ2v) is 7.08. The quantitative estimate of drug-likeness (QED) is 0.764. The zero-order chi connectivity index (χ0) is 16.0. The van der Waals surface area contributed by atoms with Crippen LogP contribution in [0.4, 0.5) is 5.13 Å². The van der Waals surface area contributed by atoms with E-state index in [1.807, 2.05) is 18.7 Å². The van der Waals surface area contributed by atoms with Crippen molar-refractivity contribution in [3.05, 3.63) is 5.01 Å². The molecule has 1 aromatic heterocycles. The van der Waals surface area contributed by atoms with Gasteiger partial charge in [-0.1, -0.05) is 25.2 Å². The first-order valence-corrected chi connectivity index (χ1v) is 8.14. The van der Waals surface area contributed by atoms with Gasteiger partial charge in [0.05, 0.1) is 12.6 Å².